The number of nitrogens with one attached hydrogen (secondary N) is 3. The van der Waals surface area contributed by atoms with Gasteiger partial charge in [0.05, 0.1) is 17.9 Å². The molecule has 1 aliphatic heterocycles. The lowest BCUT2D eigenvalue weighted by Gasteiger charge is -2.36. The molecule has 10 heteroatoms. The first-order valence-corrected chi connectivity index (χ1v) is 9.06. The minimum Gasteiger partial charge on any atom is -0.465 e. The third kappa shape index (κ3) is 3.80. The van der Waals surface area contributed by atoms with E-state index in [2.05, 4.69) is 30.8 Å². The second kappa shape index (κ2) is 7.67. The molecule has 146 valence electrons. The number of rotatable bonds is 5. The van der Waals surface area contributed by atoms with Crippen molar-refractivity contribution < 1.29 is 14.3 Å². The molecule has 3 aromatic rings. The van der Waals surface area contributed by atoms with E-state index < -0.39 is 11.9 Å². The highest BCUT2D eigenvalue weighted by Gasteiger charge is 2.27. The van der Waals surface area contributed by atoms with Crippen LogP contribution in [0, 0.1) is 5.82 Å². The zero-order valence-corrected chi connectivity index (χ0v) is 15.0. The average molecular weight is 385 g/mol. The maximum Gasteiger partial charge on any atom is 0.404 e. The van der Waals surface area contributed by atoms with Crippen LogP contribution in [0.4, 0.5) is 26.6 Å². The topological polar surface area (TPSA) is 119 Å². The van der Waals surface area contributed by atoms with Gasteiger partial charge in [-0.1, -0.05) is 0 Å². The minimum absolute atomic E-state index is 0.150. The predicted molar refractivity (Wildman–Crippen MR) is 102 cm³/mol. The molecule has 1 fully saturated rings. The number of benzene rings is 1. The van der Waals surface area contributed by atoms with Gasteiger partial charge in [0.2, 0.25) is 5.95 Å². The Morgan fingerprint density at radius 2 is 2.25 bits per heavy atom. The number of hydrogen-bond donors (Lipinski definition) is 4. The first-order valence-electron chi connectivity index (χ1n) is 9.06. The highest BCUT2D eigenvalue weighted by molar-refractivity contribution is 5.82. The fourth-order valence-electron chi connectivity index (χ4n) is 3.46. The summed E-state index contributed by atoms with van der Waals surface area (Å²) < 4.78 is 14.5. The summed E-state index contributed by atoms with van der Waals surface area (Å²) in [4.78, 5) is 21.1. The average Bonchev–Trinajstić information content (AvgIpc) is 3.16. The van der Waals surface area contributed by atoms with E-state index in [9.17, 15) is 9.18 Å². The van der Waals surface area contributed by atoms with E-state index in [1.165, 1.54) is 0 Å². The van der Waals surface area contributed by atoms with E-state index in [-0.39, 0.29) is 24.4 Å². The van der Waals surface area contributed by atoms with Crippen LogP contribution in [-0.4, -0.2) is 50.5 Å². The number of hydrogen-bond acceptors (Lipinski definition) is 6. The molecule has 0 bridgehead atoms. The van der Waals surface area contributed by atoms with Gasteiger partial charge in [-0.3, -0.25) is 5.10 Å². The molecule has 1 amide bonds. The van der Waals surface area contributed by atoms with Crippen LogP contribution in [0.15, 0.2) is 30.6 Å². The Bertz CT molecular complexity index is 993. The van der Waals surface area contributed by atoms with Crippen molar-refractivity contribution >= 4 is 34.4 Å². The number of H-pyrrole nitrogens is 1. The molecular formula is C18H20FN7O2. The normalized spacial score (nSPS) is 16.9. The number of piperidine rings is 1. The lowest BCUT2D eigenvalue weighted by atomic mass is 10.0. The van der Waals surface area contributed by atoms with Gasteiger partial charge in [0.15, 0.2) is 11.6 Å². The standard InChI is InChI=1S/C18H20FN7O2/c19-14-10-20-17(23-12-5-4-11-8-22-25-15(11)7-12)24-16(14)26-6-2-1-3-13(26)9-21-18(27)28/h4-5,7-8,10,13,21H,1-3,6,9H2,(H,22,25)(H,27,28)(H,20,23,24). The van der Waals surface area contributed by atoms with E-state index >= 15 is 0 Å². The van der Waals surface area contributed by atoms with Crippen molar-refractivity contribution in [2.75, 3.05) is 23.3 Å². The molecule has 9 nitrogen and oxygen atoms in total. The zero-order chi connectivity index (χ0) is 19.5. The first kappa shape index (κ1) is 18.0. The number of aromatic amines is 1. The molecule has 1 aliphatic rings. The summed E-state index contributed by atoms with van der Waals surface area (Å²) in [6, 6.07) is 5.49. The van der Waals surface area contributed by atoms with Crippen molar-refractivity contribution in [3.8, 4) is 0 Å². The van der Waals surface area contributed by atoms with Gasteiger partial charge in [0.25, 0.3) is 0 Å². The highest BCUT2D eigenvalue weighted by atomic mass is 19.1. The SMILES string of the molecule is O=C(O)NCC1CCCCN1c1nc(Nc2ccc3cn[nH]c3c2)ncc1F. The van der Waals surface area contributed by atoms with Crippen LogP contribution in [0.1, 0.15) is 19.3 Å². The van der Waals surface area contributed by atoms with Crippen LogP contribution in [0.3, 0.4) is 0 Å². The quantitative estimate of drug-likeness (QED) is 0.533. The van der Waals surface area contributed by atoms with Crippen molar-refractivity contribution in [2.24, 2.45) is 0 Å². The van der Waals surface area contributed by atoms with Crippen LogP contribution in [0.5, 0.6) is 0 Å². The van der Waals surface area contributed by atoms with Gasteiger partial charge in [0, 0.05) is 30.2 Å². The van der Waals surface area contributed by atoms with E-state index in [1.807, 2.05) is 23.1 Å². The zero-order valence-electron chi connectivity index (χ0n) is 15.0. The molecule has 1 atom stereocenters. The summed E-state index contributed by atoms with van der Waals surface area (Å²) in [5, 5.41) is 22.2. The molecule has 0 spiro atoms. The molecule has 0 aliphatic carbocycles. The van der Waals surface area contributed by atoms with Gasteiger partial charge >= 0.3 is 6.09 Å². The van der Waals surface area contributed by atoms with Crippen molar-refractivity contribution in [3.63, 3.8) is 0 Å². The van der Waals surface area contributed by atoms with Crippen molar-refractivity contribution in [1.82, 2.24) is 25.5 Å². The summed E-state index contributed by atoms with van der Waals surface area (Å²) in [5.74, 6) is -0.0837. The van der Waals surface area contributed by atoms with E-state index in [4.69, 9.17) is 5.11 Å². The minimum atomic E-state index is -1.09. The molecule has 0 radical (unpaired) electrons. The third-order valence-electron chi connectivity index (χ3n) is 4.81. The summed E-state index contributed by atoms with van der Waals surface area (Å²) in [5.41, 5.74) is 1.61. The third-order valence-corrected chi connectivity index (χ3v) is 4.81. The molecule has 1 unspecified atom stereocenters. The number of fused-ring (bicyclic) bond motifs is 1. The second-order valence-electron chi connectivity index (χ2n) is 6.69. The second-order valence-corrected chi connectivity index (χ2v) is 6.69. The molecule has 4 N–H and O–H groups in total. The fourth-order valence-corrected chi connectivity index (χ4v) is 3.46. The number of carbonyl (C=O) groups is 1. The summed E-state index contributed by atoms with van der Waals surface area (Å²) >= 11 is 0. The van der Waals surface area contributed by atoms with Crippen LogP contribution in [0.2, 0.25) is 0 Å². The molecule has 4 rings (SSSR count). The summed E-state index contributed by atoms with van der Waals surface area (Å²) in [6.07, 6.45) is 4.40. The number of carboxylic acid groups (broad SMARTS) is 1. The summed E-state index contributed by atoms with van der Waals surface area (Å²) in [7, 11) is 0. The number of aromatic nitrogens is 4. The Morgan fingerprint density at radius 3 is 3.11 bits per heavy atom. The first-order chi connectivity index (χ1) is 13.6. The van der Waals surface area contributed by atoms with E-state index in [0.717, 1.165) is 42.0 Å². The Morgan fingerprint density at radius 1 is 1.36 bits per heavy atom. The van der Waals surface area contributed by atoms with E-state index in [0.29, 0.717) is 6.54 Å². The van der Waals surface area contributed by atoms with Gasteiger partial charge in [0.1, 0.15) is 0 Å². The van der Waals surface area contributed by atoms with Gasteiger partial charge in [-0.15, -0.1) is 0 Å². The molecule has 3 heterocycles. The molecule has 28 heavy (non-hydrogen) atoms. The van der Waals surface area contributed by atoms with Crippen LogP contribution in [-0.2, 0) is 0 Å². The number of anilines is 3. The van der Waals surface area contributed by atoms with Crippen LogP contribution < -0.4 is 15.5 Å². The number of halogens is 1. The van der Waals surface area contributed by atoms with Gasteiger partial charge in [-0.05, 0) is 37.5 Å². The monoisotopic (exact) mass is 385 g/mol. The van der Waals surface area contributed by atoms with Gasteiger partial charge in [-0.2, -0.15) is 10.1 Å². The molecule has 0 saturated carbocycles. The number of amides is 1. The summed E-state index contributed by atoms with van der Waals surface area (Å²) in [6.45, 7) is 0.831. The maximum atomic E-state index is 14.5. The lowest BCUT2D eigenvalue weighted by Crippen LogP contribution is -2.47. The highest BCUT2D eigenvalue weighted by Crippen LogP contribution is 2.27. The lowest BCUT2D eigenvalue weighted by molar-refractivity contribution is 0.193. The van der Waals surface area contributed by atoms with E-state index in [1.54, 1.807) is 6.20 Å². The van der Waals surface area contributed by atoms with Gasteiger partial charge in [-0.25, -0.2) is 14.2 Å². The fraction of sp³-hybridized carbons (Fsp3) is 0.333. The molecule has 2 aromatic heterocycles. The van der Waals surface area contributed by atoms with Crippen molar-refractivity contribution in [1.29, 1.82) is 0 Å². The smallest absolute Gasteiger partial charge is 0.404 e. The Labute approximate surface area is 160 Å². The molecular weight excluding hydrogens is 365 g/mol. The Hall–Kier alpha value is -3.43. The molecule has 1 saturated heterocycles. The predicted octanol–water partition coefficient (Wildman–Crippen LogP) is 2.86. The molecule has 1 aromatic carbocycles. The maximum absolute atomic E-state index is 14.5. The Balaban J connectivity index is 1.57. The Kier molecular flexibility index (Phi) is 4.92. The van der Waals surface area contributed by atoms with Crippen molar-refractivity contribution in [3.05, 3.63) is 36.4 Å². The van der Waals surface area contributed by atoms with Crippen molar-refractivity contribution in [2.45, 2.75) is 25.3 Å². The van der Waals surface area contributed by atoms with Crippen LogP contribution >= 0.6 is 0 Å². The number of nitrogens with zero attached hydrogens (tertiary/aromatic N) is 4. The van der Waals surface area contributed by atoms with Crippen LogP contribution in [0.25, 0.3) is 10.9 Å². The van der Waals surface area contributed by atoms with Gasteiger partial charge < -0.3 is 20.6 Å². The largest absolute Gasteiger partial charge is 0.465 e.